The summed E-state index contributed by atoms with van der Waals surface area (Å²) >= 11 is 0. The minimum atomic E-state index is -0.129. The Morgan fingerprint density at radius 1 is 1.17 bits per heavy atom. The number of carbonyl (C=O) groups excluding carboxylic acids is 1. The average molecular weight is 253 g/mol. The Balaban J connectivity index is 1.95. The molecule has 2 saturated heterocycles. The summed E-state index contributed by atoms with van der Waals surface area (Å²) in [4.78, 5) is 14.0. The molecule has 0 aromatic heterocycles. The van der Waals surface area contributed by atoms with Gasteiger partial charge in [-0.05, 0) is 44.1 Å². The van der Waals surface area contributed by atoms with Crippen LogP contribution in [0.3, 0.4) is 0 Å². The molecule has 2 aliphatic rings. The summed E-state index contributed by atoms with van der Waals surface area (Å²) in [5.74, 6) is 0. The van der Waals surface area contributed by atoms with Gasteiger partial charge >= 0.3 is 0 Å². The van der Waals surface area contributed by atoms with Crippen molar-refractivity contribution in [1.82, 2.24) is 4.90 Å². The monoisotopic (exact) mass is 253 g/mol. The van der Waals surface area contributed by atoms with E-state index in [4.69, 9.17) is 4.74 Å². The van der Waals surface area contributed by atoms with Crippen molar-refractivity contribution in [1.29, 1.82) is 0 Å². The van der Waals surface area contributed by atoms with Crippen molar-refractivity contribution in [3.8, 4) is 0 Å². The molecule has 0 radical (unpaired) electrons. The van der Waals surface area contributed by atoms with E-state index in [0.29, 0.717) is 5.41 Å². The van der Waals surface area contributed by atoms with Gasteiger partial charge in [-0.3, -0.25) is 0 Å². The zero-order valence-corrected chi connectivity index (χ0v) is 11.9. The van der Waals surface area contributed by atoms with Crippen LogP contribution >= 0.6 is 0 Å². The van der Waals surface area contributed by atoms with Crippen molar-refractivity contribution in [2.45, 2.75) is 46.0 Å². The molecule has 0 aromatic rings. The minimum Gasteiger partial charge on any atom is -0.381 e. The Hall–Kier alpha value is -0.410. The van der Waals surface area contributed by atoms with Crippen LogP contribution in [0.25, 0.3) is 0 Å². The van der Waals surface area contributed by atoms with Gasteiger partial charge in [-0.2, -0.15) is 0 Å². The van der Waals surface area contributed by atoms with Gasteiger partial charge in [0.2, 0.25) is 0 Å². The SMILES string of the molecule is CCC1(CC)CCN(CC2(C=O)CCOCC2)C1. The Morgan fingerprint density at radius 2 is 1.83 bits per heavy atom. The van der Waals surface area contributed by atoms with E-state index >= 15 is 0 Å². The first-order valence-corrected chi connectivity index (χ1v) is 7.44. The second-order valence-corrected chi connectivity index (χ2v) is 6.26. The highest BCUT2D eigenvalue weighted by Crippen LogP contribution is 2.39. The predicted molar refractivity (Wildman–Crippen MR) is 72.6 cm³/mol. The topological polar surface area (TPSA) is 29.5 Å². The lowest BCUT2D eigenvalue weighted by Gasteiger charge is -2.36. The number of nitrogens with zero attached hydrogens (tertiary/aromatic N) is 1. The van der Waals surface area contributed by atoms with Crippen LogP contribution < -0.4 is 0 Å². The number of ether oxygens (including phenoxy) is 1. The van der Waals surface area contributed by atoms with Gasteiger partial charge in [0, 0.05) is 31.7 Å². The minimum absolute atomic E-state index is 0.129. The molecule has 0 unspecified atom stereocenters. The smallest absolute Gasteiger partial charge is 0.127 e. The van der Waals surface area contributed by atoms with E-state index in [9.17, 15) is 4.79 Å². The van der Waals surface area contributed by atoms with Crippen LogP contribution in [-0.2, 0) is 9.53 Å². The molecule has 3 heteroatoms. The summed E-state index contributed by atoms with van der Waals surface area (Å²) in [5.41, 5.74) is 0.380. The molecule has 104 valence electrons. The molecule has 2 rings (SSSR count). The molecule has 0 amide bonds. The van der Waals surface area contributed by atoms with E-state index in [1.807, 2.05) is 0 Å². The molecular weight excluding hydrogens is 226 g/mol. The van der Waals surface area contributed by atoms with Crippen LogP contribution in [-0.4, -0.2) is 44.0 Å². The molecule has 18 heavy (non-hydrogen) atoms. The highest BCUT2D eigenvalue weighted by atomic mass is 16.5. The molecule has 0 N–H and O–H groups in total. The predicted octanol–water partition coefficient (Wildman–Crippen LogP) is 2.49. The summed E-state index contributed by atoms with van der Waals surface area (Å²) in [6.45, 7) is 9.39. The molecule has 0 atom stereocenters. The maximum atomic E-state index is 11.5. The van der Waals surface area contributed by atoms with Crippen molar-refractivity contribution >= 4 is 6.29 Å². The molecule has 0 aliphatic carbocycles. The summed E-state index contributed by atoms with van der Waals surface area (Å²) in [5, 5.41) is 0. The zero-order valence-electron chi connectivity index (χ0n) is 11.9. The van der Waals surface area contributed by atoms with Gasteiger partial charge in [0.15, 0.2) is 0 Å². The van der Waals surface area contributed by atoms with Crippen molar-refractivity contribution in [3.05, 3.63) is 0 Å². The number of aldehydes is 1. The van der Waals surface area contributed by atoms with Crippen molar-refractivity contribution < 1.29 is 9.53 Å². The van der Waals surface area contributed by atoms with Gasteiger partial charge in [0.1, 0.15) is 6.29 Å². The number of hydrogen-bond donors (Lipinski definition) is 0. The molecular formula is C15H27NO2. The molecule has 2 heterocycles. The van der Waals surface area contributed by atoms with E-state index in [2.05, 4.69) is 18.7 Å². The first-order chi connectivity index (χ1) is 8.67. The first-order valence-electron chi connectivity index (χ1n) is 7.44. The molecule has 0 bridgehead atoms. The quantitative estimate of drug-likeness (QED) is 0.705. The summed E-state index contributed by atoms with van der Waals surface area (Å²) < 4.78 is 5.40. The van der Waals surface area contributed by atoms with Crippen LogP contribution in [0.15, 0.2) is 0 Å². The van der Waals surface area contributed by atoms with Crippen LogP contribution in [0.1, 0.15) is 46.0 Å². The molecule has 0 saturated carbocycles. The summed E-state index contributed by atoms with van der Waals surface area (Å²) in [6, 6.07) is 0. The van der Waals surface area contributed by atoms with Gasteiger partial charge in [0.25, 0.3) is 0 Å². The largest absolute Gasteiger partial charge is 0.381 e. The van der Waals surface area contributed by atoms with E-state index in [-0.39, 0.29) is 5.41 Å². The van der Waals surface area contributed by atoms with E-state index in [1.165, 1.54) is 32.1 Å². The molecule has 2 fully saturated rings. The highest BCUT2D eigenvalue weighted by Gasteiger charge is 2.40. The van der Waals surface area contributed by atoms with Crippen LogP contribution in [0, 0.1) is 10.8 Å². The van der Waals surface area contributed by atoms with Crippen LogP contribution in [0.5, 0.6) is 0 Å². The lowest BCUT2D eigenvalue weighted by atomic mass is 9.80. The van der Waals surface area contributed by atoms with Gasteiger partial charge in [-0.15, -0.1) is 0 Å². The summed E-state index contributed by atoms with van der Waals surface area (Å²) in [7, 11) is 0. The maximum absolute atomic E-state index is 11.5. The van der Waals surface area contributed by atoms with E-state index < -0.39 is 0 Å². The van der Waals surface area contributed by atoms with E-state index in [1.54, 1.807) is 0 Å². The first kappa shape index (κ1) is 14.0. The third-order valence-corrected chi connectivity index (χ3v) is 5.29. The second kappa shape index (κ2) is 5.70. The Labute approximate surface area is 111 Å². The highest BCUT2D eigenvalue weighted by molar-refractivity contribution is 5.60. The number of rotatable bonds is 5. The van der Waals surface area contributed by atoms with E-state index in [0.717, 1.165) is 39.1 Å². The fourth-order valence-electron chi connectivity index (χ4n) is 3.53. The molecule has 3 nitrogen and oxygen atoms in total. The standard InChI is InChI=1S/C15H27NO2/c1-3-14(4-2)5-8-16(11-14)12-15(13-17)6-9-18-10-7-15/h13H,3-12H2,1-2H3. The average Bonchev–Trinajstić information content (AvgIpc) is 2.84. The van der Waals surface area contributed by atoms with Gasteiger partial charge < -0.3 is 14.4 Å². The molecule has 0 spiro atoms. The van der Waals surface area contributed by atoms with Crippen molar-refractivity contribution in [3.63, 3.8) is 0 Å². The fraction of sp³-hybridized carbons (Fsp3) is 0.933. The van der Waals surface area contributed by atoms with Crippen LogP contribution in [0.4, 0.5) is 0 Å². The third-order valence-electron chi connectivity index (χ3n) is 5.29. The Bertz CT molecular complexity index is 280. The Kier molecular flexibility index (Phi) is 4.44. The second-order valence-electron chi connectivity index (χ2n) is 6.26. The molecule has 2 aliphatic heterocycles. The zero-order chi connectivity index (χ0) is 13.1. The van der Waals surface area contributed by atoms with Crippen molar-refractivity contribution in [2.75, 3.05) is 32.8 Å². The maximum Gasteiger partial charge on any atom is 0.127 e. The Morgan fingerprint density at radius 3 is 2.33 bits per heavy atom. The third kappa shape index (κ3) is 2.77. The number of hydrogen-bond acceptors (Lipinski definition) is 3. The fourth-order valence-corrected chi connectivity index (χ4v) is 3.53. The normalized spacial score (nSPS) is 27.2. The van der Waals surface area contributed by atoms with Gasteiger partial charge in [-0.1, -0.05) is 13.8 Å². The number of carbonyl (C=O) groups is 1. The lowest BCUT2D eigenvalue weighted by Crippen LogP contribution is -2.42. The van der Waals surface area contributed by atoms with Gasteiger partial charge in [-0.25, -0.2) is 0 Å². The molecule has 0 aromatic carbocycles. The lowest BCUT2D eigenvalue weighted by molar-refractivity contribution is -0.122. The van der Waals surface area contributed by atoms with Crippen molar-refractivity contribution in [2.24, 2.45) is 10.8 Å². The summed E-state index contributed by atoms with van der Waals surface area (Å²) in [6.07, 6.45) is 6.82. The van der Waals surface area contributed by atoms with Gasteiger partial charge in [0.05, 0.1) is 0 Å². The number of likely N-dealkylation sites (tertiary alicyclic amines) is 1. The van der Waals surface area contributed by atoms with Crippen LogP contribution in [0.2, 0.25) is 0 Å².